The fraction of sp³-hybridized carbons (Fsp3) is 0.333. The van der Waals surface area contributed by atoms with Gasteiger partial charge in [-0.15, -0.1) is 6.42 Å². The Morgan fingerprint density at radius 1 is 1.21 bits per heavy atom. The summed E-state index contributed by atoms with van der Waals surface area (Å²) < 4.78 is 58.4. The van der Waals surface area contributed by atoms with E-state index < -0.39 is 29.9 Å². The van der Waals surface area contributed by atoms with E-state index in [-0.39, 0.29) is 27.3 Å². The Bertz CT molecular complexity index is 1200. The van der Waals surface area contributed by atoms with Crippen molar-refractivity contribution in [3.05, 3.63) is 39.3 Å². The zero-order valence-corrected chi connectivity index (χ0v) is 15.1. The van der Waals surface area contributed by atoms with Gasteiger partial charge >= 0.3 is 6.18 Å². The highest BCUT2D eigenvalue weighted by Gasteiger charge is 2.38. The minimum absolute atomic E-state index is 0.0219. The van der Waals surface area contributed by atoms with Gasteiger partial charge in [0.2, 0.25) is 5.82 Å². The quantitative estimate of drug-likeness (QED) is 0.473. The van der Waals surface area contributed by atoms with Gasteiger partial charge in [0.1, 0.15) is 11.0 Å². The predicted molar refractivity (Wildman–Crippen MR) is 95.5 cm³/mol. The van der Waals surface area contributed by atoms with Gasteiger partial charge < -0.3 is 4.57 Å². The molecule has 146 valence electrons. The lowest BCUT2D eigenvalue weighted by atomic mass is 10.1. The molecule has 0 atom stereocenters. The second kappa shape index (κ2) is 6.41. The van der Waals surface area contributed by atoms with Crippen LogP contribution in [0, 0.1) is 18.2 Å². The summed E-state index contributed by atoms with van der Waals surface area (Å²) in [5, 5.41) is 0.0574. The van der Waals surface area contributed by atoms with Gasteiger partial charge in [-0.3, -0.25) is 9.48 Å². The van der Waals surface area contributed by atoms with Crippen LogP contribution in [0.1, 0.15) is 18.7 Å². The first-order chi connectivity index (χ1) is 13.2. The van der Waals surface area contributed by atoms with Crippen molar-refractivity contribution in [2.75, 3.05) is 0 Å². The fourth-order valence-corrected chi connectivity index (χ4v) is 3.92. The van der Waals surface area contributed by atoms with Crippen molar-refractivity contribution in [1.82, 2.24) is 18.9 Å². The molecule has 0 spiro atoms. The van der Waals surface area contributed by atoms with Crippen molar-refractivity contribution >= 4 is 22.6 Å². The number of benzene rings is 1. The van der Waals surface area contributed by atoms with Crippen molar-refractivity contribution < 1.29 is 17.6 Å². The first kappa shape index (κ1) is 18.6. The molecule has 1 aliphatic rings. The van der Waals surface area contributed by atoms with E-state index in [4.69, 9.17) is 18.0 Å². The van der Waals surface area contributed by atoms with Crippen molar-refractivity contribution in [2.45, 2.75) is 38.7 Å². The molecular weight excluding hydrogens is 400 g/mol. The molecule has 0 bridgehead atoms. The third-order valence-electron chi connectivity index (χ3n) is 4.77. The van der Waals surface area contributed by atoms with Crippen LogP contribution in [0.25, 0.3) is 22.2 Å². The van der Waals surface area contributed by atoms with Gasteiger partial charge in [0, 0.05) is 24.7 Å². The molecule has 3 aromatic rings. The number of alkyl halides is 3. The third-order valence-corrected chi connectivity index (χ3v) is 5.16. The molecule has 0 amide bonds. The first-order valence-corrected chi connectivity index (χ1v) is 8.81. The van der Waals surface area contributed by atoms with Gasteiger partial charge in [-0.2, -0.15) is 13.2 Å². The maximum atomic E-state index is 14.8. The Morgan fingerprint density at radius 2 is 1.89 bits per heavy atom. The Hall–Kier alpha value is -2.73. The van der Waals surface area contributed by atoms with Crippen molar-refractivity contribution in [3.63, 3.8) is 0 Å². The van der Waals surface area contributed by atoms with Crippen molar-refractivity contribution in [3.8, 4) is 23.5 Å². The molecule has 0 aliphatic carbocycles. The highest BCUT2D eigenvalue weighted by atomic mass is 35.5. The lowest BCUT2D eigenvalue weighted by Crippen LogP contribution is -2.27. The summed E-state index contributed by atoms with van der Waals surface area (Å²) in [6, 6.07) is 2.02. The summed E-state index contributed by atoms with van der Waals surface area (Å²) in [5.41, 5.74) is -0.967. The zero-order valence-electron chi connectivity index (χ0n) is 14.4. The highest BCUT2D eigenvalue weighted by molar-refractivity contribution is 6.32. The van der Waals surface area contributed by atoms with Gasteiger partial charge in [0.05, 0.1) is 23.1 Å². The molecule has 0 unspecified atom stereocenters. The average Bonchev–Trinajstić information content (AvgIpc) is 3.11. The van der Waals surface area contributed by atoms with Gasteiger partial charge in [0.25, 0.3) is 5.56 Å². The molecule has 10 heteroatoms. The number of hydrogen-bond acceptors (Lipinski definition) is 2. The number of rotatable bonds is 2. The maximum absolute atomic E-state index is 14.8. The summed E-state index contributed by atoms with van der Waals surface area (Å²) in [6.45, 7) is 0.538. The zero-order chi connectivity index (χ0) is 20.2. The molecule has 0 radical (unpaired) electrons. The van der Waals surface area contributed by atoms with E-state index in [1.807, 2.05) is 0 Å². The van der Waals surface area contributed by atoms with E-state index in [9.17, 15) is 22.4 Å². The van der Waals surface area contributed by atoms with Crippen molar-refractivity contribution in [2.24, 2.45) is 0 Å². The second-order valence-electron chi connectivity index (χ2n) is 6.47. The molecular formula is C18H13ClF4N4O. The van der Waals surface area contributed by atoms with Crippen LogP contribution in [-0.4, -0.2) is 18.9 Å². The SMILES string of the molecule is C#CCn1c(C(F)(F)F)nc2cc(F)c(-c3c(Cl)n4n(c3=O)CCCC4)cc21. The van der Waals surface area contributed by atoms with Crippen LogP contribution >= 0.6 is 11.6 Å². The number of terminal acetylenes is 1. The van der Waals surface area contributed by atoms with Gasteiger partial charge in [-0.25, -0.2) is 14.1 Å². The molecule has 1 aromatic carbocycles. The molecule has 0 fully saturated rings. The monoisotopic (exact) mass is 412 g/mol. The first-order valence-electron chi connectivity index (χ1n) is 8.44. The fourth-order valence-electron chi connectivity index (χ4n) is 3.56. The van der Waals surface area contributed by atoms with Crippen LogP contribution in [0.2, 0.25) is 5.15 Å². The molecule has 0 saturated carbocycles. The minimum atomic E-state index is -4.76. The Balaban J connectivity index is 2.01. The number of fused-ring (bicyclic) bond motifs is 2. The molecule has 0 N–H and O–H groups in total. The van der Waals surface area contributed by atoms with Gasteiger partial charge in [-0.05, 0) is 18.9 Å². The summed E-state index contributed by atoms with van der Waals surface area (Å²) in [4.78, 5) is 16.2. The normalized spacial score (nSPS) is 14.3. The standard InChI is InChI=1S/C18H13ClF4N4O/c1-2-5-25-13-8-10(11(20)9-12(13)24-17(25)18(21,22)23)14-15(19)26-6-3-4-7-27(26)16(14)28/h1,8-9H,3-7H2. The minimum Gasteiger partial charge on any atom is -0.309 e. The van der Waals surface area contributed by atoms with E-state index >= 15 is 0 Å². The van der Waals surface area contributed by atoms with Gasteiger partial charge in [-0.1, -0.05) is 17.5 Å². The second-order valence-corrected chi connectivity index (χ2v) is 6.83. The topological polar surface area (TPSA) is 44.8 Å². The molecule has 1 aliphatic heterocycles. The summed E-state index contributed by atoms with van der Waals surface area (Å²) in [7, 11) is 0. The molecule has 28 heavy (non-hydrogen) atoms. The molecule has 3 heterocycles. The van der Waals surface area contributed by atoms with Crippen LogP contribution in [-0.2, 0) is 25.8 Å². The molecule has 4 rings (SSSR count). The van der Waals surface area contributed by atoms with Crippen LogP contribution < -0.4 is 5.56 Å². The lowest BCUT2D eigenvalue weighted by Gasteiger charge is -2.17. The van der Waals surface area contributed by atoms with Crippen LogP contribution in [0.3, 0.4) is 0 Å². The molecule has 5 nitrogen and oxygen atoms in total. The van der Waals surface area contributed by atoms with E-state index in [0.29, 0.717) is 13.1 Å². The smallest absolute Gasteiger partial charge is 0.309 e. The number of hydrogen-bond donors (Lipinski definition) is 0. The lowest BCUT2D eigenvalue weighted by molar-refractivity contribution is -0.146. The van der Waals surface area contributed by atoms with Crippen LogP contribution in [0.4, 0.5) is 17.6 Å². The molecule has 0 saturated heterocycles. The van der Waals surface area contributed by atoms with E-state index in [2.05, 4.69) is 10.9 Å². The summed E-state index contributed by atoms with van der Waals surface area (Å²) in [5.74, 6) is 0.0379. The highest BCUT2D eigenvalue weighted by Crippen LogP contribution is 2.35. The maximum Gasteiger partial charge on any atom is 0.449 e. The summed E-state index contributed by atoms with van der Waals surface area (Å²) in [6.07, 6.45) is 2.03. The van der Waals surface area contributed by atoms with Crippen LogP contribution in [0.15, 0.2) is 16.9 Å². The number of imidazole rings is 1. The number of aromatic nitrogens is 4. The Morgan fingerprint density at radius 3 is 2.50 bits per heavy atom. The van der Waals surface area contributed by atoms with E-state index in [0.717, 1.165) is 29.5 Å². The Labute approximate surface area is 161 Å². The van der Waals surface area contributed by atoms with Crippen LogP contribution in [0.5, 0.6) is 0 Å². The average molecular weight is 413 g/mol. The van der Waals surface area contributed by atoms with Gasteiger partial charge in [0.15, 0.2) is 0 Å². The summed E-state index contributed by atoms with van der Waals surface area (Å²) >= 11 is 6.32. The number of halogens is 5. The predicted octanol–water partition coefficient (Wildman–Crippen LogP) is 3.90. The number of nitrogens with zero attached hydrogens (tertiary/aromatic N) is 4. The van der Waals surface area contributed by atoms with E-state index in [1.165, 1.54) is 4.68 Å². The van der Waals surface area contributed by atoms with E-state index in [1.54, 1.807) is 4.68 Å². The largest absolute Gasteiger partial charge is 0.449 e. The molecule has 2 aromatic heterocycles. The van der Waals surface area contributed by atoms with Crippen molar-refractivity contribution in [1.29, 1.82) is 0 Å². The Kier molecular flexibility index (Phi) is 4.27. The third kappa shape index (κ3) is 2.71.